The van der Waals surface area contributed by atoms with Gasteiger partial charge in [0, 0.05) is 39.3 Å². The Bertz CT molecular complexity index is 1300. The van der Waals surface area contributed by atoms with Crippen LogP contribution in [-0.4, -0.2) is 47.1 Å². The molecule has 1 fully saturated rings. The van der Waals surface area contributed by atoms with Crippen LogP contribution < -0.4 is 5.69 Å². The standard InChI is InChI=1S/C24H30N6O2/c1-24(2,3)13-30-20-9-8-18(26-21(20)28(5)23(30)32)17-10-16-7-6-15(17)11-29(16)22(31)19-12-27(4)14-25-19/h8-10,12,14-16H,6-7,11,13H2,1-5H3. The molecule has 0 aromatic carbocycles. The third-order valence-corrected chi connectivity index (χ3v) is 6.53. The summed E-state index contributed by atoms with van der Waals surface area (Å²) < 4.78 is 5.26. The van der Waals surface area contributed by atoms with Crippen LogP contribution in [0.5, 0.6) is 0 Å². The first-order valence-corrected chi connectivity index (χ1v) is 11.2. The Morgan fingerprint density at radius 2 is 1.97 bits per heavy atom. The van der Waals surface area contributed by atoms with E-state index in [0.717, 1.165) is 24.1 Å². The lowest BCUT2D eigenvalue weighted by molar-refractivity contribution is 0.0604. The van der Waals surface area contributed by atoms with Gasteiger partial charge in [0.15, 0.2) is 5.65 Å². The number of carbonyl (C=O) groups is 1. The largest absolute Gasteiger partial charge is 0.340 e. The zero-order valence-electron chi connectivity index (χ0n) is 19.4. The summed E-state index contributed by atoms with van der Waals surface area (Å²) in [6.45, 7) is 7.70. The second kappa shape index (κ2) is 7.18. The first-order chi connectivity index (χ1) is 15.1. The summed E-state index contributed by atoms with van der Waals surface area (Å²) in [6, 6.07) is 4.10. The van der Waals surface area contributed by atoms with Crippen molar-refractivity contribution in [3.05, 3.63) is 52.6 Å². The molecule has 2 aliphatic heterocycles. The SMILES string of the molecule is Cn1cnc(C(=O)N2CC3CCC2C=C3c2ccc3c(n2)n(C)c(=O)n3CC(C)(C)C)c1. The van der Waals surface area contributed by atoms with E-state index in [2.05, 4.69) is 31.8 Å². The number of nitrogens with zero attached hydrogens (tertiary/aromatic N) is 6. The Balaban J connectivity index is 1.49. The average Bonchev–Trinajstić information content (AvgIpc) is 3.29. The van der Waals surface area contributed by atoms with E-state index in [-0.39, 0.29) is 29.0 Å². The third-order valence-electron chi connectivity index (χ3n) is 6.53. The van der Waals surface area contributed by atoms with Gasteiger partial charge in [-0.05, 0) is 36.0 Å². The molecule has 168 valence electrons. The summed E-state index contributed by atoms with van der Waals surface area (Å²) in [6.07, 6.45) is 7.61. The molecule has 0 radical (unpaired) electrons. The van der Waals surface area contributed by atoms with E-state index in [4.69, 9.17) is 4.98 Å². The van der Waals surface area contributed by atoms with Gasteiger partial charge in [-0.15, -0.1) is 0 Å². The average molecular weight is 435 g/mol. The van der Waals surface area contributed by atoms with E-state index in [1.54, 1.807) is 28.7 Å². The summed E-state index contributed by atoms with van der Waals surface area (Å²) in [7, 11) is 3.66. The minimum Gasteiger partial charge on any atom is -0.340 e. The molecule has 1 aliphatic carbocycles. The second-order valence-electron chi connectivity index (χ2n) is 10.4. The maximum Gasteiger partial charge on any atom is 0.330 e. The smallest absolute Gasteiger partial charge is 0.330 e. The number of fused-ring (bicyclic) bond motifs is 3. The number of amides is 1. The quantitative estimate of drug-likeness (QED) is 0.635. The highest BCUT2D eigenvalue weighted by Crippen LogP contribution is 2.40. The highest BCUT2D eigenvalue weighted by Gasteiger charge is 2.38. The minimum absolute atomic E-state index is 0.00849. The van der Waals surface area contributed by atoms with Crippen molar-refractivity contribution in [3.8, 4) is 0 Å². The van der Waals surface area contributed by atoms with Crippen molar-refractivity contribution < 1.29 is 4.79 Å². The summed E-state index contributed by atoms with van der Waals surface area (Å²) in [4.78, 5) is 36.9. The zero-order chi connectivity index (χ0) is 22.8. The van der Waals surface area contributed by atoms with Gasteiger partial charge in [0.2, 0.25) is 0 Å². The molecule has 1 saturated heterocycles. The Hall–Kier alpha value is -3.16. The van der Waals surface area contributed by atoms with Crippen LogP contribution in [-0.2, 0) is 20.6 Å². The molecule has 5 heterocycles. The third kappa shape index (κ3) is 3.38. The first kappa shape index (κ1) is 20.7. The van der Waals surface area contributed by atoms with Crippen molar-refractivity contribution in [2.45, 2.75) is 46.2 Å². The number of pyridine rings is 1. The van der Waals surface area contributed by atoms with Crippen LogP contribution in [0.2, 0.25) is 0 Å². The monoisotopic (exact) mass is 434 g/mol. The summed E-state index contributed by atoms with van der Waals surface area (Å²) in [5, 5.41) is 0. The highest BCUT2D eigenvalue weighted by atomic mass is 16.2. The Kier molecular flexibility index (Phi) is 4.65. The van der Waals surface area contributed by atoms with Gasteiger partial charge in [-0.2, -0.15) is 0 Å². The van der Waals surface area contributed by atoms with Crippen molar-refractivity contribution in [2.24, 2.45) is 25.4 Å². The maximum absolute atomic E-state index is 13.0. The summed E-state index contributed by atoms with van der Waals surface area (Å²) >= 11 is 0. The maximum atomic E-state index is 13.0. The Morgan fingerprint density at radius 1 is 1.19 bits per heavy atom. The van der Waals surface area contributed by atoms with Gasteiger partial charge in [-0.3, -0.25) is 13.9 Å². The molecule has 3 aromatic heterocycles. The lowest BCUT2D eigenvalue weighted by Gasteiger charge is -2.44. The van der Waals surface area contributed by atoms with Crippen molar-refractivity contribution in [2.75, 3.05) is 6.54 Å². The van der Waals surface area contributed by atoms with Gasteiger partial charge in [-0.25, -0.2) is 14.8 Å². The number of aromatic nitrogens is 5. The Morgan fingerprint density at radius 3 is 2.59 bits per heavy atom. The molecule has 3 aromatic rings. The number of carbonyl (C=O) groups excluding carboxylic acids is 1. The molecule has 2 unspecified atom stereocenters. The number of piperidine rings is 1. The van der Waals surface area contributed by atoms with Gasteiger partial charge in [-0.1, -0.05) is 26.8 Å². The van der Waals surface area contributed by atoms with E-state index in [9.17, 15) is 9.59 Å². The molecule has 0 N–H and O–H groups in total. The molecule has 8 heteroatoms. The molecule has 2 atom stereocenters. The number of rotatable bonds is 3. The number of hydrogen-bond acceptors (Lipinski definition) is 4. The molecule has 2 bridgehead atoms. The van der Waals surface area contributed by atoms with E-state index >= 15 is 0 Å². The van der Waals surface area contributed by atoms with Crippen molar-refractivity contribution >= 4 is 22.6 Å². The van der Waals surface area contributed by atoms with Crippen LogP contribution in [0.1, 0.15) is 49.8 Å². The fraction of sp³-hybridized carbons (Fsp3) is 0.500. The molecule has 1 amide bonds. The molecule has 32 heavy (non-hydrogen) atoms. The lowest BCUT2D eigenvalue weighted by atomic mass is 9.78. The van der Waals surface area contributed by atoms with Crippen LogP contribution in [0, 0.1) is 11.3 Å². The molecule has 0 saturated carbocycles. The summed E-state index contributed by atoms with van der Waals surface area (Å²) in [5.74, 6) is 0.229. The molecular formula is C24H30N6O2. The number of aryl methyl sites for hydroxylation is 2. The van der Waals surface area contributed by atoms with Gasteiger partial charge in [0.1, 0.15) is 5.69 Å². The Labute approximate surface area is 187 Å². The van der Waals surface area contributed by atoms with Crippen LogP contribution in [0.15, 0.2) is 35.5 Å². The van der Waals surface area contributed by atoms with Crippen molar-refractivity contribution in [3.63, 3.8) is 0 Å². The lowest BCUT2D eigenvalue weighted by Crippen LogP contribution is -2.49. The van der Waals surface area contributed by atoms with Gasteiger partial charge < -0.3 is 9.47 Å². The van der Waals surface area contributed by atoms with Crippen molar-refractivity contribution in [1.82, 2.24) is 28.6 Å². The van der Waals surface area contributed by atoms with Crippen LogP contribution in [0.4, 0.5) is 0 Å². The summed E-state index contributed by atoms with van der Waals surface area (Å²) in [5.41, 5.74) is 4.11. The normalized spacial score (nSPS) is 20.8. The van der Waals surface area contributed by atoms with E-state index in [1.807, 2.05) is 28.6 Å². The van der Waals surface area contributed by atoms with E-state index < -0.39 is 0 Å². The zero-order valence-corrected chi connectivity index (χ0v) is 19.4. The number of hydrogen-bond donors (Lipinski definition) is 0. The molecule has 6 rings (SSSR count). The predicted octanol–water partition coefficient (Wildman–Crippen LogP) is 2.83. The van der Waals surface area contributed by atoms with Crippen LogP contribution in [0.25, 0.3) is 16.7 Å². The molecule has 3 aliphatic rings. The highest BCUT2D eigenvalue weighted by molar-refractivity contribution is 5.93. The van der Waals surface area contributed by atoms with Gasteiger partial charge >= 0.3 is 5.69 Å². The van der Waals surface area contributed by atoms with Crippen LogP contribution in [0.3, 0.4) is 0 Å². The predicted molar refractivity (Wildman–Crippen MR) is 123 cm³/mol. The molecule has 8 nitrogen and oxygen atoms in total. The van der Waals surface area contributed by atoms with E-state index in [1.165, 1.54) is 5.57 Å². The fourth-order valence-electron chi connectivity index (χ4n) is 5.02. The molecular weight excluding hydrogens is 404 g/mol. The van der Waals surface area contributed by atoms with Crippen molar-refractivity contribution in [1.29, 1.82) is 0 Å². The molecule has 0 spiro atoms. The van der Waals surface area contributed by atoms with E-state index in [0.29, 0.717) is 24.4 Å². The van der Waals surface area contributed by atoms with Crippen LogP contribution >= 0.6 is 0 Å². The number of imidazole rings is 2. The minimum atomic E-state index is -0.0362. The first-order valence-electron chi connectivity index (χ1n) is 11.2. The van der Waals surface area contributed by atoms with Gasteiger partial charge in [0.05, 0.1) is 23.6 Å². The topological polar surface area (TPSA) is 78.0 Å². The van der Waals surface area contributed by atoms with Gasteiger partial charge in [0.25, 0.3) is 5.91 Å². The second-order valence-corrected chi connectivity index (χ2v) is 10.4. The fourth-order valence-corrected chi connectivity index (χ4v) is 5.02.